The Kier molecular flexibility index (Phi) is 7.31. The summed E-state index contributed by atoms with van der Waals surface area (Å²) in [6.45, 7) is 4.50. The van der Waals surface area contributed by atoms with Gasteiger partial charge < -0.3 is 10.1 Å². The molecule has 0 aliphatic heterocycles. The molecule has 7 nitrogen and oxygen atoms in total. The Balaban J connectivity index is 1.82. The van der Waals surface area contributed by atoms with Crippen LogP contribution in [0.1, 0.15) is 27.3 Å². The highest BCUT2D eigenvalue weighted by Crippen LogP contribution is 2.23. The minimum atomic E-state index is -0.308. The summed E-state index contributed by atoms with van der Waals surface area (Å²) in [5, 5.41) is 11.0. The van der Waals surface area contributed by atoms with Gasteiger partial charge in [-0.2, -0.15) is 5.10 Å². The zero-order valence-corrected chi connectivity index (χ0v) is 18.8. The summed E-state index contributed by atoms with van der Waals surface area (Å²) in [7, 11) is 3.52. The number of ether oxygens (including phenoxy) is 1. The van der Waals surface area contributed by atoms with Gasteiger partial charge in [-0.15, -0.1) is 0 Å². The first-order chi connectivity index (χ1) is 14.9. The van der Waals surface area contributed by atoms with Crippen molar-refractivity contribution in [3.63, 3.8) is 0 Å². The van der Waals surface area contributed by atoms with Crippen molar-refractivity contribution in [3.05, 3.63) is 76.1 Å². The number of nitrogens with zero attached hydrogens (tertiary/aromatic N) is 3. The number of para-hydroxylation sites is 2. The van der Waals surface area contributed by atoms with Crippen LogP contribution in [0, 0.1) is 13.8 Å². The molecule has 0 atom stereocenters. The Morgan fingerprint density at radius 3 is 2.65 bits per heavy atom. The summed E-state index contributed by atoms with van der Waals surface area (Å²) in [4.78, 5) is 17.4. The Morgan fingerprint density at radius 2 is 1.97 bits per heavy atom. The molecule has 0 fully saturated rings. The van der Waals surface area contributed by atoms with E-state index in [0.29, 0.717) is 40.9 Å². The van der Waals surface area contributed by atoms with Crippen LogP contribution in [0.5, 0.6) is 5.75 Å². The van der Waals surface area contributed by atoms with E-state index in [1.807, 2.05) is 49.8 Å². The summed E-state index contributed by atoms with van der Waals surface area (Å²) in [5.74, 6) is 0.664. The van der Waals surface area contributed by atoms with E-state index in [9.17, 15) is 4.79 Å². The number of amides is 1. The number of carbonyl (C=O) groups excluding carboxylic acids is 1. The highest BCUT2D eigenvalue weighted by atomic mass is 35.5. The van der Waals surface area contributed by atoms with Crippen molar-refractivity contribution in [3.8, 4) is 5.75 Å². The van der Waals surface area contributed by atoms with Gasteiger partial charge in [-0.05, 0) is 56.2 Å². The number of halogens is 1. The first kappa shape index (κ1) is 22.4. The minimum Gasteiger partial charge on any atom is -0.495 e. The zero-order valence-electron chi connectivity index (χ0n) is 18.1. The molecule has 0 saturated carbocycles. The summed E-state index contributed by atoms with van der Waals surface area (Å²) >= 11 is 6.03. The van der Waals surface area contributed by atoms with E-state index in [1.54, 1.807) is 31.4 Å². The van der Waals surface area contributed by atoms with Crippen LogP contribution in [0.25, 0.3) is 0 Å². The molecule has 0 aliphatic rings. The maximum absolute atomic E-state index is 12.8. The summed E-state index contributed by atoms with van der Waals surface area (Å²) in [6.07, 6.45) is 0.704. The molecular weight excluding hydrogens is 414 g/mol. The molecule has 1 aromatic heterocycles. The summed E-state index contributed by atoms with van der Waals surface area (Å²) in [6, 6.07) is 14.2. The number of rotatable bonds is 6. The lowest BCUT2D eigenvalue weighted by atomic mass is 10.1. The third-order valence-electron chi connectivity index (χ3n) is 4.97. The van der Waals surface area contributed by atoms with Gasteiger partial charge in [-0.3, -0.25) is 19.8 Å². The summed E-state index contributed by atoms with van der Waals surface area (Å²) < 4.78 is 7.27. The lowest BCUT2D eigenvalue weighted by molar-refractivity contribution is 0.0977. The average Bonchev–Trinajstić information content (AvgIpc) is 2.99. The third-order valence-corrected chi connectivity index (χ3v) is 5.20. The SMILES string of the molecule is COc1ccccc1NC(=NCCc1c(C)nn(C)c1C)NC(=O)c1cccc(Cl)c1. The molecule has 0 unspecified atom stereocenters. The van der Waals surface area contributed by atoms with Crippen LogP contribution in [0.15, 0.2) is 53.5 Å². The quantitative estimate of drug-likeness (QED) is 0.447. The van der Waals surface area contributed by atoms with E-state index in [0.717, 1.165) is 17.0 Å². The van der Waals surface area contributed by atoms with Gasteiger partial charge in [0, 0.05) is 29.9 Å². The van der Waals surface area contributed by atoms with Crippen molar-refractivity contribution >= 4 is 29.2 Å². The molecule has 31 heavy (non-hydrogen) atoms. The fourth-order valence-electron chi connectivity index (χ4n) is 3.25. The van der Waals surface area contributed by atoms with Crippen molar-refractivity contribution in [2.24, 2.45) is 12.0 Å². The first-order valence-electron chi connectivity index (χ1n) is 9.89. The van der Waals surface area contributed by atoms with Gasteiger partial charge in [0.2, 0.25) is 5.96 Å². The Labute approximate surface area is 187 Å². The molecule has 162 valence electrons. The molecular formula is C23H26ClN5O2. The molecule has 1 heterocycles. The van der Waals surface area contributed by atoms with Crippen LogP contribution in [-0.4, -0.2) is 35.3 Å². The highest BCUT2D eigenvalue weighted by Gasteiger charge is 2.13. The number of hydrogen-bond donors (Lipinski definition) is 2. The normalized spacial score (nSPS) is 11.3. The van der Waals surface area contributed by atoms with Crippen LogP contribution in [-0.2, 0) is 13.5 Å². The number of aryl methyl sites for hydroxylation is 2. The third kappa shape index (κ3) is 5.64. The monoisotopic (exact) mass is 439 g/mol. The highest BCUT2D eigenvalue weighted by molar-refractivity contribution is 6.31. The number of carbonyl (C=O) groups is 1. The van der Waals surface area contributed by atoms with Gasteiger partial charge in [0.25, 0.3) is 5.91 Å². The maximum atomic E-state index is 12.8. The van der Waals surface area contributed by atoms with E-state index in [4.69, 9.17) is 16.3 Å². The minimum absolute atomic E-state index is 0.308. The maximum Gasteiger partial charge on any atom is 0.258 e. The number of hydrogen-bond acceptors (Lipinski definition) is 4. The lowest BCUT2D eigenvalue weighted by Gasteiger charge is -2.14. The number of anilines is 1. The van der Waals surface area contributed by atoms with E-state index < -0.39 is 0 Å². The molecule has 0 bridgehead atoms. The van der Waals surface area contributed by atoms with Crippen molar-refractivity contribution < 1.29 is 9.53 Å². The van der Waals surface area contributed by atoms with Crippen LogP contribution in [0.3, 0.4) is 0 Å². The molecule has 1 amide bonds. The number of benzene rings is 2. The van der Waals surface area contributed by atoms with Gasteiger partial charge >= 0.3 is 0 Å². The number of guanidine groups is 1. The Bertz CT molecular complexity index is 1110. The van der Waals surface area contributed by atoms with E-state index in [1.165, 1.54) is 0 Å². The van der Waals surface area contributed by atoms with Gasteiger partial charge in [0.1, 0.15) is 5.75 Å². The second kappa shape index (κ2) is 10.1. The molecule has 8 heteroatoms. The second-order valence-corrected chi connectivity index (χ2v) is 7.48. The molecule has 2 N–H and O–H groups in total. The molecule has 2 aromatic carbocycles. The van der Waals surface area contributed by atoms with Crippen LogP contribution in [0.4, 0.5) is 5.69 Å². The first-order valence-corrected chi connectivity index (χ1v) is 10.3. The Hall–Kier alpha value is -3.32. The number of methoxy groups -OCH3 is 1. The van der Waals surface area contributed by atoms with Gasteiger partial charge in [-0.25, -0.2) is 0 Å². The Morgan fingerprint density at radius 1 is 1.19 bits per heavy atom. The fraction of sp³-hybridized carbons (Fsp3) is 0.261. The van der Waals surface area contributed by atoms with Crippen molar-refractivity contribution in [2.45, 2.75) is 20.3 Å². The largest absolute Gasteiger partial charge is 0.495 e. The van der Waals surface area contributed by atoms with E-state index in [-0.39, 0.29) is 5.91 Å². The fourth-order valence-corrected chi connectivity index (χ4v) is 3.44. The molecule has 0 aliphatic carbocycles. The van der Waals surface area contributed by atoms with E-state index >= 15 is 0 Å². The topological polar surface area (TPSA) is 80.5 Å². The summed E-state index contributed by atoms with van der Waals surface area (Å²) in [5.41, 5.74) is 4.39. The molecule has 0 spiro atoms. The van der Waals surface area contributed by atoms with Crippen LogP contribution < -0.4 is 15.4 Å². The predicted molar refractivity (Wildman–Crippen MR) is 124 cm³/mol. The van der Waals surface area contributed by atoms with Gasteiger partial charge in [-0.1, -0.05) is 29.8 Å². The van der Waals surface area contributed by atoms with Crippen molar-refractivity contribution in [1.82, 2.24) is 15.1 Å². The lowest BCUT2D eigenvalue weighted by Crippen LogP contribution is -2.36. The zero-order chi connectivity index (χ0) is 22.4. The second-order valence-electron chi connectivity index (χ2n) is 7.04. The molecule has 0 radical (unpaired) electrons. The van der Waals surface area contributed by atoms with Crippen molar-refractivity contribution in [1.29, 1.82) is 0 Å². The van der Waals surface area contributed by atoms with Gasteiger partial charge in [0.15, 0.2) is 0 Å². The average molecular weight is 440 g/mol. The number of aromatic nitrogens is 2. The number of aliphatic imine (C=N–C) groups is 1. The standard InChI is InChI=1S/C23H26ClN5O2/c1-15-19(16(2)29(3)28-15)12-13-25-23(26-20-10-5-6-11-21(20)31-4)27-22(30)17-8-7-9-18(24)14-17/h5-11,14H,12-13H2,1-4H3,(H2,25,26,27,30). The predicted octanol–water partition coefficient (Wildman–Crippen LogP) is 4.14. The van der Waals surface area contributed by atoms with Crippen molar-refractivity contribution in [2.75, 3.05) is 19.0 Å². The molecule has 3 aromatic rings. The van der Waals surface area contributed by atoms with Crippen LogP contribution >= 0.6 is 11.6 Å². The molecule has 3 rings (SSSR count). The van der Waals surface area contributed by atoms with Gasteiger partial charge in [0.05, 0.1) is 18.5 Å². The van der Waals surface area contributed by atoms with Crippen LogP contribution in [0.2, 0.25) is 5.02 Å². The molecule has 0 saturated heterocycles. The number of nitrogens with one attached hydrogen (secondary N) is 2. The van der Waals surface area contributed by atoms with E-state index in [2.05, 4.69) is 20.7 Å². The smallest absolute Gasteiger partial charge is 0.258 e.